The van der Waals surface area contributed by atoms with Crippen molar-refractivity contribution in [2.24, 2.45) is 0 Å². The van der Waals surface area contributed by atoms with Crippen LogP contribution in [0.2, 0.25) is 0 Å². The van der Waals surface area contributed by atoms with Gasteiger partial charge in [0.2, 0.25) is 0 Å². The van der Waals surface area contributed by atoms with Gasteiger partial charge in [-0.1, -0.05) is 12.1 Å². The van der Waals surface area contributed by atoms with Gasteiger partial charge in [0.05, 0.1) is 18.4 Å². The van der Waals surface area contributed by atoms with Crippen molar-refractivity contribution in [2.45, 2.75) is 25.9 Å². The Labute approximate surface area is 149 Å². The SMILES string of the molecule is CCOc1ccccc1N1CCN(C(=S)NC[C@@H]2CCCO2)CC1. The highest BCUT2D eigenvalue weighted by molar-refractivity contribution is 7.80. The van der Waals surface area contributed by atoms with Crippen LogP contribution in [0.1, 0.15) is 19.8 Å². The summed E-state index contributed by atoms with van der Waals surface area (Å²) in [4.78, 5) is 4.63. The van der Waals surface area contributed by atoms with Crippen molar-refractivity contribution >= 4 is 23.0 Å². The van der Waals surface area contributed by atoms with Gasteiger partial charge in [-0.25, -0.2) is 0 Å². The van der Waals surface area contributed by atoms with Crippen LogP contribution in [-0.2, 0) is 4.74 Å². The monoisotopic (exact) mass is 349 g/mol. The van der Waals surface area contributed by atoms with Crippen molar-refractivity contribution in [1.29, 1.82) is 0 Å². The summed E-state index contributed by atoms with van der Waals surface area (Å²) in [7, 11) is 0. The van der Waals surface area contributed by atoms with Gasteiger partial charge in [-0.15, -0.1) is 0 Å². The molecule has 0 bridgehead atoms. The van der Waals surface area contributed by atoms with Gasteiger partial charge in [-0.2, -0.15) is 0 Å². The number of thiocarbonyl (C=S) groups is 1. The number of anilines is 1. The molecule has 0 amide bonds. The highest BCUT2D eigenvalue weighted by Crippen LogP contribution is 2.28. The molecule has 3 rings (SSSR count). The van der Waals surface area contributed by atoms with Gasteiger partial charge in [0.15, 0.2) is 5.11 Å². The molecule has 2 aliphatic rings. The number of ether oxygens (including phenoxy) is 2. The van der Waals surface area contributed by atoms with E-state index in [-0.39, 0.29) is 0 Å². The maximum absolute atomic E-state index is 5.75. The van der Waals surface area contributed by atoms with Crippen molar-refractivity contribution in [3.05, 3.63) is 24.3 Å². The van der Waals surface area contributed by atoms with Crippen LogP contribution in [0.5, 0.6) is 5.75 Å². The first-order valence-corrected chi connectivity index (χ1v) is 9.30. The van der Waals surface area contributed by atoms with Crippen LogP contribution in [0.15, 0.2) is 24.3 Å². The molecule has 5 nitrogen and oxygen atoms in total. The molecule has 1 atom stereocenters. The number of benzene rings is 1. The maximum Gasteiger partial charge on any atom is 0.169 e. The average molecular weight is 350 g/mol. The van der Waals surface area contributed by atoms with Crippen LogP contribution in [0, 0.1) is 0 Å². The maximum atomic E-state index is 5.75. The Hall–Kier alpha value is -1.53. The number of nitrogens with zero attached hydrogens (tertiary/aromatic N) is 2. The topological polar surface area (TPSA) is 37.0 Å². The summed E-state index contributed by atoms with van der Waals surface area (Å²) >= 11 is 5.55. The molecular weight excluding hydrogens is 322 g/mol. The molecule has 0 aromatic heterocycles. The number of hydrogen-bond acceptors (Lipinski definition) is 4. The normalized spacial score (nSPS) is 21.0. The highest BCUT2D eigenvalue weighted by Gasteiger charge is 2.22. The summed E-state index contributed by atoms with van der Waals surface area (Å²) in [6.45, 7) is 8.18. The number of hydrogen-bond donors (Lipinski definition) is 1. The van der Waals surface area contributed by atoms with Crippen molar-refractivity contribution < 1.29 is 9.47 Å². The standard InChI is InChI=1S/C18H27N3O2S/c1-2-22-17-8-4-3-7-16(17)20-9-11-21(12-10-20)18(24)19-14-15-6-5-13-23-15/h3-4,7-8,15H,2,5-6,9-14H2,1H3,(H,19,24)/t15-/m0/s1. The highest BCUT2D eigenvalue weighted by atomic mass is 32.1. The molecular formula is C18H27N3O2S. The van der Waals surface area contributed by atoms with Crippen LogP contribution in [0.3, 0.4) is 0 Å². The molecule has 0 aliphatic carbocycles. The van der Waals surface area contributed by atoms with Gasteiger partial charge >= 0.3 is 0 Å². The Kier molecular flexibility index (Phi) is 6.15. The fraction of sp³-hybridized carbons (Fsp3) is 0.611. The third-order valence-corrected chi connectivity index (χ3v) is 4.98. The molecule has 2 aliphatic heterocycles. The zero-order valence-electron chi connectivity index (χ0n) is 14.4. The quantitative estimate of drug-likeness (QED) is 0.822. The van der Waals surface area contributed by atoms with Gasteiger partial charge in [-0.3, -0.25) is 0 Å². The van der Waals surface area contributed by atoms with Crippen molar-refractivity contribution in [2.75, 3.05) is 50.8 Å². The summed E-state index contributed by atoms with van der Waals surface area (Å²) in [6, 6.07) is 8.26. The van der Waals surface area contributed by atoms with E-state index >= 15 is 0 Å². The molecule has 6 heteroatoms. The Morgan fingerprint density at radius 3 is 2.79 bits per heavy atom. The molecule has 0 unspecified atom stereocenters. The molecule has 132 valence electrons. The first-order chi connectivity index (χ1) is 11.8. The predicted octanol–water partition coefficient (Wildman–Crippen LogP) is 2.26. The van der Waals surface area contributed by atoms with E-state index in [0.717, 1.165) is 63.0 Å². The van der Waals surface area contributed by atoms with E-state index in [0.29, 0.717) is 12.7 Å². The van der Waals surface area contributed by atoms with Crippen LogP contribution in [-0.4, -0.2) is 62.1 Å². The largest absolute Gasteiger partial charge is 0.492 e. The molecule has 1 N–H and O–H groups in total. The number of nitrogens with one attached hydrogen (secondary N) is 1. The zero-order valence-corrected chi connectivity index (χ0v) is 15.2. The van der Waals surface area contributed by atoms with E-state index in [4.69, 9.17) is 21.7 Å². The van der Waals surface area contributed by atoms with E-state index in [1.807, 2.05) is 19.1 Å². The lowest BCUT2D eigenvalue weighted by Crippen LogP contribution is -2.52. The van der Waals surface area contributed by atoms with Crippen molar-refractivity contribution in [1.82, 2.24) is 10.2 Å². The summed E-state index contributed by atoms with van der Waals surface area (Å²) in [6.07, 6.45) is 2.62. The Morgan fingerprint density at radius 2 is 2.08 bits per heavy atom. The van der Waals surface area contributed by atoms with Crippen LogP contribution in [0.4, 0.5) is 5.69 Å². The van der Waals surface area contributed by atoms with E-state index in [2.05, 4.69) is 27.2 Å². The second-order valence-electron chi connectivity index (χ2n) is 6.20. The van der Waals surface area contributed by atoms with Gasteiger partial charge in [0, 0.05) is 39.3 Å². The lowest BCUT2D eigenvalue weighted by atomic mass is 10.2. The predicted molar refractivity (Wildman–Crippen MR) is 101 cm³/mol. The van der Waals surface area contributed by atoms with E-state index in [9.17, 15) is 0 Å². The number of rotatable bonds is 5. The Balaban J connectivity index is 1.49. The van der Waals surface area contributed by atoms with E-state index in [1.165, 1.54) is 5.69 Å². The molecule has 0 spiro atoms. The molecule has 2 saturated heterocycles. The molecule has 1 aromatic carbocycles. The molecule has 2 heterocycles. The van der Waals surface area contributed by atoms with E-state index < -0.39 is 0 Å². The van der Waals surface area contributed by atoms with E-state index in [1.54, 1.807) is 0 Å². The average Bonchev–Trinajstić information content (AvgIpc) is 3.14. The van der Waals surface area contributed by atoms with Gasteiger partial charge in [-0.05, 0) is 44.1 Å². The lowest BCUT2D eigenvalue weighted by Gasteiger charge is -2.38. The minimum atomic E-state index is 0.322. The second kappa shape index (κ2) is 8.53. The summed E-state index contributed by atoms with van der Waals surface area (Å²) in [5.41, 5.74) is 1.18. The van der Waals surface area contributed by atoms with Gasteiger partial charge in [0.1, 0.15) is 5.75 Å². The number of piperazine rings is 1. The molecule has 0 saturated carbocycles. The first-order valence-electron chi connectivity index (χ1n) is 8.89. The fourth-order valence-corrected chi connectivity index (χ4v) is 3.53. The van der Waals surface area contributed by atoms with Crippen LogP contribution in [0.25, 0.3) is 0 Å². The molecule has 0 radical (unpaired) electrons. The van der Waals surface area contributed by atoms with Crippen molar-refractivity contribution in [3.8, 4) is 5.75 Å². The van der Waals surface area contributed by atoms with Crippen LogP contribution >= 0.6 is 12.2 Å². The van der Waals surface area contributed by atoms with Crippen molar-refractivity contribution in [3.63, 3.8) is 0 Å². The second-order valence-corrected chi connectivity index (χ2v) is 6.58. The Bertz CT molecular complexity index is 541. The summed E-state index contributed by atoms with van der Waals surface area (Å²) < 4.78 is 11.4. The minimum absolute atomic E-state index is 0.322. The third kappa shape index (κ3) is 4.30. The minimum Gasteiger partial charge on any atom is -0.492 e. The Morgan fingerprint density at radius 1 is 1.29 bits per heavy atom. The zero-order chi connectivity index (χ0) is 16.8. The van der Waals surface area contributed by atoms with Gasteiger partial charge in [0.25, 0.3) is 0 Å². The summed E-state index contributed by atoms with van der Waals surface area (Å²) in [5.74, 6) is 0.965. The van der Waals surface area contributed by atoms with Gasteiger partial charge < -0.3 is 24.6 Å². The summed E-state index contributed by atoms with van der Waals surface area (Å²) in [5, 5.41) is 4.22. The first kappa shape index (κ1) is 17.3. The van der Waals surface area contributed by atoms with Crippen LogP contribution < -0.4 is 15.0 Å². The molecule has 24 heavy (non-hydrogen) atoms. The third-order valence-electron chi connectivity index (χ3n) is 4.58. The fourth-order valence-electron chi connectivity index (χ4n) is 3.26. The molecule has 2 fully saturated rings. The molecule has 1 aromatic rings. The lowest BCUT2D eigenvalue weighted by molar-refractivity contribution is 0.113. The number of para-hydroxylation sites is 2. The smallest absolute Gasteiger partial charge is 0.169 e.